The van der Waals surface area contributed by atoms with E-state index in [1.54, 1.807) is 6.08 Å². The van der Waals surface area contributed by atoms with Gasteiger partial charge in [0.15, 0.2) is 0 Å². The predicted molar refractivity (Wildman–Crippen MR) is 53.8 cm³/mol. The molecule has 0 radical (unpaired) electrons. The first-order valence-electron chi connectivity index (χ1n) is 3.99. The van der Waals surface area contributed by atoms with Crippen LogP contribution in [0.4, 0.5) is 0 Å². The van der Waals surface area contributed by atoms with Crippen LogP contribution in [0, 0.1) is 6.92 Å². The van der Waals surface area contributed by atoms with E-state index in [0.29, 0.717) is 0 Å². The van der Waals surface area contributed by atoms with E-state index in [2.05, 4.69) is 17.6 Å². The maximum absolute atomic E-state index is 4.25. The molecule has 0 atom stereocenters. The van der Waals surface area contributed by atoms with E-state index in [1.807, 2.05) is 32.2 Å². The van der Waals surface area contributed by atoms with Crippen molar-refractivity contribution in [2.45, 2.75) is 13.8 Å². The highest BCUT2D eigenvalue weighted by atomic mass is 14.7. The number of hydrogen-bond acceptors (Lipinski definition) is 1. The van der Waals surface area contributed by atoms with E-state index < -0.39 is 0 Å². The van der Waals surface area contributed by atoms with Crippen LogP contribution in [0.15, 0.2) is 24.9 Å². The van der Waals surface area contributed by atoms with Crippen molar-refractivity contribution in [3.05, 3.63) is 41.7 Å². The standard InChI is InChI=1S/C11H13N/c1-4-6-10-7-9(3)8-12-11(10)5-2/h4-8H,2H2,1,3H3/b6-4-. The minimum absolute atomic E-state index is 0.943. The first-order chi connectivity index (χ1) is 5.77. The van der Waals surface area contributed by atoms with Gasteiger partial charge in [0.1, 0.15) is 0 Å². The van der Waals surface area contributed by atoms with Crippen LogP contribution in [0.2, 0.25) is 0 Å². The monoisotopic (exact) mass is 159 g/mol. The van der Waals surface area contributed by atoms with Gasteiger partial charge in [0.25, 0.3) is 0 Å². The Hall–Kier alpha value is -1.37. The lowest BCUT2D eigenvalue weighted by atomic mass is 10.1. The average molecular weight is 159 g/mol. The van der Waals surface area contributed by atoms with Crippen molar-refractivity contribution in [1.82, 2.24) is 4.98 Å². The van der Waals surface area contributed by atoms with E-state index >= 15 is 0 Å². The molecular formula is C11H13N. The summed E-state index contributed by atoms with van der Waals surface area (Å²) in [5.74, 6) is 0. The highest BCUT2D eigenvalue weighted by Gasteiger charge is 1.95. The summed E-state index contributed by atoms with van der Waals surface area (Å²) < 4.78 is 0. The van der Waals surface area contributed by atoms with Gasteiger partial charge < -0.3 is 0 Å². The summed E-state index contributed by atoms with van der Waals surface area (Å²) in [6.07, 6.45) is 7.67. The summed E-state index contributed by atoms with van der Waals surface area (Å²) in [6.45, 7) is 7.74. The second-order valence-electron chi connectivity index (χ2n) is 2.69. The zero-order valence-electron chi connectivity index (χ0n) is 7.54. The summed E-state index contributed by atoms with van der Waals surface area (Å²) in [5.41, 5.74) is 3.25. The molecule has 0 N–H and O–H groups in total. The molecule has 1 aromatic rings. The molecule has 12 heavy (non-hydrogen) atoms. The maximum atomic E-state index is 4.25. The molecule has 1 heteroatoms. The first-order valence-corrected chi connectivity index (χ1v) is 3.99. The van der Waals surface area contributed by atoms with Crippen LogP contribution in [-0.2, 0) is 0 Å². The normalized spacial score (nSPS) is 10.5. The zero-order chi connectivity index (χ0) is 8.97. The van der Waals surface area contributed by atoms with E-state index in [9.17, 15) is 0 Å². The molecule has 0 aromatic carbocycles. The fourth-order valence-electron chi connectivity index (χ4n) is 1.09. The molecule has 0 saturated carbocycles. The van der Waals surface area contributed by atoms with Gasteiger partial charge in [-0.25, -0.2) is 0 Å². The minimum Gasteiger partial charge on any atom is -0.256 e. The molecule has 0 unspecified atom stereocenters. The number of rotatable bonds is 2. The van der Waals surface area contributed by atoms with Crippen LogP contribution in [-0.4, -0.2) is 4.98 Å². The Kier molecular flexibility index (Phi) is 2.81. The van der Waals surface area contributed by atoms with Gasteiger partial charge in [0, 0.05) is 11.8 Å². The van der Waals surface area contributed by atoms with Crippen LogP contribution in [0.1, 0.15) is 23.7 Å². The molecule has 62 valence electrons. The lowest BCUT2D eigenvalue weighted by Gasteiger charge is -2.00. The highest BCUT2D eigenvalue weighted by molar-refractivity contribution is 5.61. The maximum Gasteiger partial charge on any atom is 0.0696 e. The molecule has 0 saturated heterocycles. The molecular weight excluding hydrogens is 146 g/mol. The Morgan fingerprint density at radius 2 is 2.25 bits per heavy atom. The second kappa shape index (κ2) is 3.86. The van der Waals surface area contributed by atoms with Crippen molar-refractivity contribution >= 4 is 12.2 Å². The number of aryl methyl sites for hydroxylation is 1. The number of aromatic nitrogens is 1. The van der Waals surface area contributed by atoms with Crippen molar-refractivity contribution in [1.29, 1.82) is 0 Å². The van der Waals surface area contributed by atoms with Gasteiger partial charge in [-0.05, 0) is 31.6 Å². The minimum atomic E-state index is 0.943. The van der Waals surface area contributed by atoms with Crippen molar-refractivity contribution in [2.75, 3.05) is 0 Å². The Bertz CT molecular complexity index is 311. The van der Waals surface area contributed by atoms with Gasteiger partial charge in [0.05, 0.1) is 5.69 Å². The highest BCUT2D eigenvalue weighted by Crippen LogP contribution is 2.11. The molecule has 0 aliphatic carbocycles. The van der Waals surface area contributed by atoms with Crippen molar-refractivity contribution < 1.29 is 0 Å². The summed E-state index contributed by atoms with van der Waals surface area (Å²) >= 11 is 0. The lowest BCUT2D eigenvalue weighted by molar-refractivity contribution is 1.23. The topological polar surface area (TPSA) is 12.9 Å². The lowest BCUT2D eigenvalue weighted by Crippen LogP contribution is -1.87. The van der Waals surface area contributed by atoms with Gasteiger partial charge in [-0.1, -0.05) is 18.7 Å². The van der Waals surface area contributed by atoms with Gasteiger partial charge in [0.2, 0.25) is 0 Å². The Labute approximate surface area is 73.5 Å². The van der Waals surface area contributed by atoms with Gasteiger partial charge in [-0.15, -0.1) is 0 Å². The van der Waals surface area contributed by atoms with Gasteiger partial charge >= 0.3 is 0 Å². The van der Waals surface area contributed by atoms with Crippen LogP contribution < -0.4 is 0 Å². The molecule has 1 rings (SSSR count). The Morgan fingerprint density at radius 1 is 1.50 bits per heavy atom. The number of allylic oxidation sites excluding steroid dienone is 1. The van der Waals surface area contributed by atoms with Crippen LogP contribution in [0.25, 0.3) is 12.2 Å². The molecule has 0 fully saturated rings. The SMILES string of the molecule is C=Cc1ncc(C)cc1/C=C\C. The Morgan fingerprint density at radius 3 is 2.83 bits per heavy atom. The van der Waals surface area contributed by atoms with Crippen molar-refractivity contribution in [3.8, 4) is 0 Å². The summed E-state index contributed by atoms with van der Waals surface area (Å²) in [6, 6.07) is 2.10. The summed E-state index contributed by atoms with van der Waals surface area (Å²) in [5, 5.41) is 0. The third-order valence-corrected chi connectivity index (χ3v) is 1.63. The van der Waals surface area contributed by atoms with Crippen LogP contribution in [0.3, 0.4) is 0 Å². The molecule has 1 nitrogen and oxygen atoms in total. The zero-order valence-corrected chi connectivity index (χ0v) is 7.54. The van der Waals surface area contributed by atoms with Crippen molar-refractivity contribution in [2.24, 2.45) is 0 Å². The first kappa shape index (κ1) is 8.72. The summed E-state index contributed by atoms with van der Waals surface area (Å²) in [7, 11) is 0. The van der Waals surface area contributed by atoms with E-state index in [0.717, 1.165) is 11.3 Å². The van der Waals surface area contributed by atoms with Crippen LogP contribution >= 0.6 is 0 Å². The summed E-state index contributed by atoms with van der Waals surface area (Å²) in [4.78, 5) is 4.25. The molecule has 0 amide bonds. The number of hydrogen-bond donors (Lipinski definition) is 0. The van der Waals surface area contributed by atoms with Crippen molar-refractivity contribution in [3.63, 3.8) is 0 Å². The largest absolute Gasteiger partial charge is 0.256 e. The number of pyridine rings is 1. The van der Waals surface area contributed by atoms with Gasteiger partial charge in [-0.3, -0.25) is 4.98 Å². The van der Waals surface area contributed by atoms with Crippen LogP contribution in [0.5, 0.6) is 0 Å². The smallest absolute Gasteiger partial charge is 0.0696 e. The molecule has 1 heterocycles. The molecule has 1 aromatic heterocycles. The fourth-order valence-corrected chi connectivity index (χ4v) is 1.09. The fraction of sp³-hybridized carbons (Fsp3) is 0.182. The molecule has 0 aliphatic heterocycles. The predicted octanol–water partition coefficient (Wildman–Crippen LogP) is 3.07. The van der Waals surface area contributed by atoms with E-state index in [1.165, 1.54) is 5.56 Å². The third-order valence-electron chi connectivity index (χ3n) is 1.63. The molecule has 0 spiro atoms. The van der Waals surface area contributed by atoms with E-state index in [4.69, 9.17) is 0 Å². The molecule has 0 aliphatic rings. The number of nitrogens with zero attached hydrogens (tertiary/aromatic N) is 1. The average Bonchev–Trinajstić information content (AvgIpc) is 2.05. The molecule has 0 bridgehead atoms. The quantitative estimate of drug-likeness (QED) is 0.646. The second-order valence-corrected chi connectivity index (χ2v) is 2.69. The third kappa shape index (κ3) is 1.82. The van der Waals surface area contributed by atoms with Gasteiger partial charge in [-0.2, -0.15) is 0 Å². The van der Waals surface area contributed by atoms with E-state index in [-0.39, 0.29) is 0 Å². The Balaban J connectivity index is 3.20.